The maximum atomic E-state index is 5.81. The van der Waals surface area contributed by atoms with Crippen molar-refractivity contribution in [3.63, 3.8) is 0 Å². The van der Waals surface area contributed by atoms with Crippen molar-refractivity contribution in [2.45, 2.75) is 47.1 Å². The molecular formula is C26H30N4OS. The Balaban J connectivity index is 1.78. The van der Waals surface area contributed by atoms with Gasteiger partial charge >= 0.3 is 0 Å². The first kappa shape index (κ1) is 22.2. The SMILES string of the molecule is CC1=C(c2nc(-c3ccc(C)cc3)no2)C(c2ccc(C)cc2)NC(=S)N1CCC(C)C. The highest BCUT2D eigenvalue weighted by atomic mass is 32.1. The molecule has 2 heterocycles. The number of allylic oxidation sites excluding steroid dienone is 1. The van der Waals surface area contributed by atoms with Crippen molar-refractivity contribution >= 4 is 22.9 Å². The van der Waals surface area contributed by atoms with E-state index in [-0.39, 0.29) is 6.04 Å². The van der Waals surface area contributed by atoms with E-state index in [1.54, 1.807) is 0 Å². The van der Waals surface area contributed by atoms with E-state index in [2.05, 4.69) is 86.4 Å². The highest BCUT2D eigenvalue weighted by Crippen LogP contribution is 2.37. The maximum absolute atomic E-state index is 5.81. The van der Waals surface area contributed by atoms with Crippen LogP contribution in [0.3, 0.4) is 0 Å². The van der Waals surface area contributed by atoms with Crippen molar-refractivity contribution in [2.75, 3.05) is 6.54 Å². The Kier molecular flexibility index (Phi) is 6.42. The van der Waals surface area contributed by atoms with E-state index in [9.17, 15) is 0 Å². The van der Waals surface area contributed by atoms with E-state index < -0.39 is 0 Å². The second-order valence-electron chi connectivity index (χ2n) is 8.92. The number of aryl methyl sites for hydroxylation is 2. The van der Waals surface area contributed by atoms with Gasteiger partial charge in [0.15, 0.2) is 5.11 Å². The van der Waals surface area contributed by atoms with Crippen molar-refractivity contribution in [3.8, 4) is 11.4 Å². The Morgan fingerprint density at radius 1 is 1.00 bits per heavy atom. The minimum absolute atomic E-state index is 0.148. The topological polar surface area (TPSA) is 54.2 Å². The summed E-state index contributed by atoms with van der Waals surface area (Å²) < 4.78 is 5.81. The fourth-order valence-corrected chi connectivity index (χ4v) is 4.22. The molecule has 1 aromatic heterocycles. The van der Waals surface area contributed by atoms with Crippen LogP contribution >= 0.6 is 12.2 Å². The predicted octanol–water partition coefficient (Wildman–Crippen LogP) is 6.06. The number of nitrogens with zero attached hydrogens (tertiary/aromatic N) is 3. The first-order valence-corrected chi connectivity index (χ1v) is 11.5. The summed E-state index contributed by atoms with van der Waals surface area (Å²) in [7, 11) is 0. The molecule has 0 saturated heterocycles. The molecule has 166 valence electrons. The lowest BCUT2D eigenvalue weighted by Crippen LogP contribution is -2.46. The highest BCUT2D eigenvalue weighted by Gasteiger charge is 2.34. The van der Waals surface area contributed by atoms with Gasteiger partial charge in [0.25, 0.3) is 5.89 Å². The number of aromatic nitrogens is 2. The number of benzene rings is 2. The summed E-state index contributed by atoms with van der Waals surface area (Å²) in [5, 5.41) is 8.55. The van der Waals surface area contributed by atoms with Gasteiger partial charge in [-0.05, 0) is 50.9 Å². The zero-order valence-electron chi connectivity index (χ0n) is 19.3. The molecule has 2 aromatic carbocycles. The molecule has 32 heavy (non-hydrogen) atoms. The zero-order valence-corrected chi connectivity index (χ0v) is 20.2. The van der Waals surface area contributed by atoms with E-state index in [1.807, 2.05) is 12.1 Å². The van der Waals surface area contributed by atoms with E-state index in [0.717, 1.165) is 40.5 Å². The third kappa shape index (κ3) is 4.60. The molecule has 0 radical (unpaired) electrons. The molecule has 1 aliphatic rings. The average molecular weight is 447 g/mol. The Labute approximate surface area is 195 Å². The second-order valence-corrected chi connectivity index (χ2v) is 9.30. The number of hydrogen-bond donors (Lipinski definition) is 1. The van der Waals surface area contributed by atoms with Gasteiger partial charge in [-0.2, -0.15) is 4.98 Å². The fraction of sp³-hybridized carbons (Fsp3) is 0.346. The van der Waals surface area contributed by atoms with Crippen LogP contribution in [-0.4, -0.2) is 26.7 Å². The third-order valence-corrected chi connectivity index (χ3v) is 6.24. The monoisotopic (exact) mass is 446 g/mol. The van der Waals surface area contributed by atoms with Gasteiger partial charge < -0.3 is 14.7 Å². The molecular weight excluding hydrogens is 416 g/mol. The molecule has 6 heteroatoms. The average Bonchev–Trinajstić information content (AvgIpc) is 3.23. The Morgan fingerprint density at radius 2 is 1.62 bits per heavy atom. The lowest BCUT2D eigenvalue weighted by Gasteiger charge is -2.37. The first-order chi connectivity index (χ1) is 15.3. The number of rotatable bonds is 6. The lowest BCUT2D eigenvalue weighted by molar-refractivity contribution is 0.390. The van der Waals surface area contributed by atoms with Gasteiger partial charge in [-0.15, -0.1) is 0 Å². The Hall–Kier alpha value is -2.99. The normalized spacial score (nSPS) is 16.6. The summed E-state index contributed by atoms with van der Waals surface area (Å²) in [5.74, 6) is 1.69. The van der Waals surface area contributed by atoms with E-state index in [4.69, 9.17) is 21.7 Å². The molecule has 0 amide bonds. The smallest absolute Gasteiger partial charge is 0.258 e. The zero-order chi connectivity index (χ0) is 22.8. The summed E-state index contributed by atoms with van der Waals surface area (Å²) in [6.45, 7) is 11.5. The van der Waals surface area contributed by atoms with Crippen LogP contribution in [-0.2, 0) is 0 Å². The molecule has 1 unspecified atom stereocenters. The van der Waals surface area contributed by atoms with Crippen LogP contribution in [0.25, 0.3) is 17.0 Å². The molecule has 5 nitrogen and oxygen atoms in total. The van der Waals surface area contributed by atoms with Gasteiger partial charge in [-0.1, -0.05) is 78.7 Å². The molecule has 0 aliphatic carbocycles. The summed E-state index contributed by atoms with van der Waals surface area (Å²) in [5.41, 5.74) is 6.49. The van der Waals surface area contributed by atoms with Crippen molar-refractivity contribution < 1.29 is 4.52 Å². The number of nitrogens with one attached hydrogen (secondary N) is 1. The van der Waals surface area contributed by atoms with Crippen LogP contribution < -0.4 is 5.32 Å². The van der Waals surface area contributed by atoms with Gasteiger partial charge in [-0.25, -0.2) is 0 Å². The molecule has 0 saturated carbocycles. The van der Waals surface area contributed by atoms with Gasteiger partial charge in [0.05, 0.1) is 11.6 Å². The minimum atomic E-state index is -0.148. The summed E-state index contributed by atoms with van der Waals surface area (Å²) in [4.78, 5) is 6.94. The van der Waals surface area contributed by atoms with E-state index >= 15 is 0 Å². The number of thiocarbonyl (C=S) groups is 1. The molecule has 0 spiro atoms. The van der Waals surface area contributed by atoms with Crippen molar-refractivity contribution in [1.82, 2.24) is 20.4 Å². The van der Waals surface area contributed by atoms with Crippen LogP contribution in [0.15, 0.2) is 58.8 Å². The van der Waals surface area contributed by atoms with Crippen LogP contribution in [0.2, 0.25) is 0 Å². The minimum Gasteiger partial charge on any atom is -0.351 e. The summed E-state index contributed by atoms with van der Waals surface area (Å²) >= 11 is 5.77. The lowest BCUT2D eigenvalue weighted by atomic mass is 9.94. The van der Waals surface area contributed by atoms with Gasteiger partial charge in [0, 0.05) is 17.8 Å². The van der Waals surface area contributed by atoms with Crippen LogP contribution in [0.5, 0.6) is 0 Å². The van der Waals surface area contributed by atoms with E-state index in [1.165, 1.54) is 11.1 Å². The van der Waals surface area contributed by atoms with Crippen molar-refractivity contribution in [1.29, 1.82) is 0 Å². The maximum Gasteiger partial charge on any atom is 0.258 e. The predicted molar refractivity (Wildman–Crippen MR) is 133 cm³/mol. The molecule has 1 aliphatic heterocycles. The number of hydrogen-bond acceptors (Lipinski definition) is 4. The van der Waals surface area contributed by atoms with Gasteiger partial charge in [-0.3, -0.25) is 0 Å². The summed E-state index contributed by atoms with van der Waals surface area (Å²) in [6.07, 6.45) is 1.04. The molecule has 0 fully saturated rings. The molecule has 1 N–H and O–H groups in total. The van der Waals surface area contributed by atoms with Crippen LogP contribution in [0.1, 0.15) is 55.8 Å². The Bertz CT molecular complexity index is 1130. The largest absolute Gasteiger partial charge is 0.351 e. The van der Waals surface area contributed by atoms with Gasteiger partial charge in [0.2, 0.25) is 5.82 Å². The molecule has 4 rings (SSSR count). The van der Waals surface area contributed by atoms with Crippen molar-refractivity contribution in [3.05, 3.63) is 76.8 Å². The highest BCUT2D eigenvalue weighted by molar-refractivity contribution is 7.80. The second kappa shape index (κ2) is 9.25. The first-order valence-electron chi connectivity index (χ1n) is 11.1. The van der Waals surface area contributed by atoms with Crippen LogP contribution in [0.4, 0.5) is 0 Å². The standard InChI is InChI=1S/C26H30N4OS/c1-16(2)14-15-30-19(5)22(23(27-26(30)32)20-10-6-17(3)7-11-20)25-28-24(29-31-25)21-12-8-18(4)9-13-21/h6-13,16,23H,14-15H2,1-5H3,(H,27,32). The third-order valence-electron chi connectivity index (χ3n) is 5.90. The Morgan fingerprint density at radius 3 is 2.25 bits per heavy atom. The quantitative estimate of drug-likeness (QED) is 0.464. The fourth-order valence-electron chi connectivity index (χ4n) is 3.88. The van der Waals surface area contributed by atoms with Gasteiger partial charge in [0.1, 0.15) is 0 Å². The van der Waals surface area contributed by atoms with Crippen LogP contribution in [0, 0.1) is 19.8 Å². The molecule has 3 aromatic rings. The van der Waals surface area contributed by atoms with E-state index in [0.29, 0.717) is 17.6 Å². The molecule has 1 atom stereocenters. The van der Waals surface area contributed by atoms with Crippen molar-refractivity contribution in [2.24, 2.45) is 5.92 Å². The summed E-state index contributed by atoms with van der Waals surface area (Å²) in [6, 6.07) is 16.5. The molecule has 0 bridgehead atoms.